The van der Waals surface area contributed by atoms with E-state index in [1.165, 1.54) is 7.11 Å². The number of carbonyl (C=O) groups excluding carboxylic acids is 1. The van der Waals surface area contributed by atoms with E-state index in [4.69, 9.17) is 19.9 Å². The maximum absolute atomic E-state index is 13.3. The molecule has 0 saturated heterocycles. The van der Waals surface area contributed by atoms with E-state index < -0.39 is 11.2 Å². The molecule has 1 amide bonds. The van der Waals surface area contributed by atoms with Gasteiger partial charge in [0, 0.05) is 22.9 Å². The van der Waals surface area contributed by atoms with Crippen LogP contribution in [-0.2, 0) is 5.34 Å². The fraction of sp³-hybridized carbons (Fsp3) is 0.136. The van der Waals surface area contributed by atoms with Gasteiger partial charge in [-0.1, -0.05) is 18.2 Å². The number of hydrogen-bond donors (Lipinski definition) is 2. The van der Waals surface area contributed by atoms with Crippen molar-refractivity contribution in [2.45, 2.75) is 5.34 Å². The molecule has 1 aromatic carbocycles. The second-order valence-electron chi connectivity index (χ2n) is 7.89. The maximum atomic E-state index is 13.3. The van der Waals surface area contributed by atoms with Gasteiger partial charge >= 0.3 is 0 Å². The van der Waals surface area contributed by atoms with Crippen LogP contribution >= 0.6 is 0 Å². The molecule has 34 heavy (non-hydrogen) atoms. The number of methoxy groups -OCH3 is 2. The van der Waals surface area contributed by atoms with Gasteiger partial charge in [0.2, 0.25) is 11.8 Å². The van der Waals surface area contributed by atoms with Crippen molar-refractivity contribution in [1.29, 1.82) is 0 Å². The molecule has 3 N–H and O–H groups in total. The second-order valence-corrected chi connectivity index (χ2v) is 7.89. The van der Waals surface area contributed by atoms with Crippen molar-refractivity contribution in [3.8, 4) is 23.1 Å². The average Bonchev–Trinajstić information content (AvgIpc) is 2.83. The van der Waals surface area contributed by atoms with Crippen molar-refractivity contribution in [2.24, 2.45) is 0 Å². The first-order valence-corrected chi connectivity index (χ1v) is 10.4. The molecule has 0 saturated carbocycles. The molecular formula is C22H22B2N6O4. The first-order valence-electron chi connectivity index (χ1n) is 10.4. The second kappa shape index (κ2) is 9.26. The zero-order valence-electron chi connectivity index (χ0n) is 19.2. The number of fused-ring (bicyclic) bond motifs is 1. The van der Waals surface area contributed by atoms with Crippen LogP contribution in [0.2, 0.25) is 0 Å². The van der Waals surface area contributed by atoms with Crippen LogP contribution in [0.5, 0.6) is 23.1 Å². The Labute approximate surface area is 197 Å². The highest BCUT2D eigenvalue weighted by atomic mass is 16.5. The molecule has 0 aliphatic rings. The smallest absolute Gasteiger partial charge is 0.270 e. The minimum atomic E-state index is -0.867. The van der Waals surface area contributed by atoms with Crippen LogP contribution in [0.3, 0.4) is 0 Å². The topological polar surface area (TPSA) is 134 Å². The van der Waals surface area contributed by atoms with Gasteiger partial charge in [-0.2, -0.15) is 0 Å². The highest BCUT2D eigenvalue weighted by molar-refractivity contribution is 6.40. The molecule has 170 valence electrons. The van der Waals surface area contributed by atoms with Gasteiger partial charge in [0.25, 0.3) is 5.91 Å². The van der Waals surface area contributed by atoms with E-state index in [1.54, 1.807) is 62.0 Å². The fourth-order valence-corrected chi connectivity index (χ4v) is 3.39. The van der Waals surface area contributed by atoms with Gasteiger partial charge < -0.3 is 25.3 Å². The number of nitrogens with two attached hydrogens (primary N) is 1. The molecule has 0 radical (unpaired) electrons. The standard InChI is InChI=1S/C22H22B2N6O4/c1-32-12-9-13(11-26-10-12)34-17-8-4-7-16(27-17)22(23,24)30-20(31)19-14-5-3-6-15(33-2)18(14)28-21(25)29-19/h3-11H,23-24H2,1-2H3,(H,30,31)(H2,25,28,29). The number of nitrogen functional groups attached to an aromatic ring is 1. The molecule has 0 bridgehead atoms. The van der Waals surface area contributed by atoms with Gasteiger partial charge in [0.15, 0.2) is 5.75 Å². The third-order valence-corrected chi connectivity index (χ3v) is 5.08. The van der Waals surface area contributed by atoms with Crippen molar-refractivity contribution in [3.63, 3.8) is 0 Å². The number of amides is 1. The van der Waals surface area contributed by atoms with Crippen molar-refractivity contribution in [2.75, 3.05) is 20.0 Å². The summed E-state index contributed by atoms with van der Waals surface area (Å²) >= 11 is 0. The molecule has 10 nitrogen and oxygen atoms in total. The first kappa shape index (κ1) is 22.8. The third-order valence-electron chi connectivity index (χ3n) is 5.08. The van der Waals surface area contributed by atoms with Gasteiger partial charge in [0.1, 0.15) is 38.4 Å². The number of hydrogen-bond acceptors (Lipinski definition) is 9. The van der Waals surface area contributed by atoms with Gasteiger partial charge in [-0.05, 0) is 12.1 Å². The summed E-state index contributed by atoms with van der Waals surface area (Å²) in [7, 11) is 6.74. The number of pyridine rings is 2. The highest BCUT2D eigenvalue weighted by Crippen LogP contribution is 2.27. The lowest BCUT2D eigenvalue weighted by molar-refractivity contribution is 0.0938. The number of aromatic nitrogens is 4. The van der Waals surface area contributed by atoms with Crippen molar-refractivity contribution in [3.05, 3.63) is 66.2 Å². The zero-order chi connectivity index (χ0) is 24.3. The van der Waals surface area contributed by atoms with Gasteiger partial charge in [-0.3, -0.25) is 9.78 Å². The fourth-order valence-electron chi connectivity index (χ4n) is 3.39. The summed E-state index contributed by atoms with van der Waals surface area (Å²) in [5.41, 5.74) is 7.06. The van der Waals surface area contributed by atoms with Crippen LogP contribution in [0.1, 0.15) is 16.2 Å². The largest absolute Gasteiger partial charge is 0.495 e. The van der Waals surface area contributed by atoms with Crippen LogP contribution in [0.15, 0.2) is 54.9 Å². The van der Waals surface area contributed by atoms with E-state index in [9.17, 15) is 4.79 Å². The number of nitrogens with one attached hydrogen (secondary N) is 1. The van der Waals surface area contributed by atoms with Crippen molar-refractivity contribution < 1.29 is 19.0 Å². The van der Waals surface area contributed by atoms with E-state index in [0.717, 1.165) is 0 Å². The molecule has 0 unspecified atom stereocenters. The van der Waals surface area contributed by atoms with Crippen LogP contribution in [0.4, 0.5) is 5.95 Å². The predicted octanol–water partition coefficient (Wildman–Crippen LogP) is 0.618. The predicted molar refractivity (Wildman–Crippen MR) is 132 cm³/mol. The Balaban J connectivity index is 1.61. The molecule has 3 heterocycles. The van der Waals surface area contributed by atoms with E-state index in [0.29, 0.717) is 39.7 Å². The van der Waals surface area contributed by atoms with E-state index in [-0.39, 0.29) is 11.6 Å². The van der Waals surface area contributed by atoms with E-state index in [2.05, 4.69) is 25.3 Å². The molecule has 3 aromatic heterocycles. The van der Waals surface area contributed by atoms with Crippen LogP contribution in [0.25, 0.3) is 10.9 Å². The number of para-hydroxylation sites is 1. The summed E-state index contributed by atoms with van der Waals surface area (Å²) in [5.74, 6) is 1.43. The number of nitrogens with zero attached hydrogens (tertiary/aromatic N) is 4. The quantitative estimate of drug-likeness (QED) is 0.384. The van der Waals surface area contributed by atoms with Gasteiger partial charge in [0.05, 0.1) is 32.3 Å². The summed E-state index contributed by atoms with van der Waals surface area (Å²) in [4.78, 5) is 30.3. The number of ether oxygens (including phenoxy) is 3. The summed E-state index contributed by atoms with van der Waals surface area (Å²) < 4.78 is 16.4. The average molecular weight is 456 g/mol. The molecule has 0 aliphatic heterocycles. The zero-order valence-corrected chi connectivity index (χ0v) is 19.2. The lowest BCUT2D eigenvalue weighted by atomic mass is 9.59. The minimum absolute atomic E-state index is 0.0274. The Morgan fingerprint density at radius 1 is 1.00 bits per heavy atom. The molecule has 4 rings (SSSR count). The molecular weight excluding hydrogens is 434 g/mol. The Hall–Kier alpha value is -4.34. The lowest BCUT2D eigenvalue weighted by Crippen LogP contribution is -2.48. The molecule has 0 aliphatic carbocycles. The number of anilines is 1. The Kier molecular flexibility index (Phi) is 6.22. The molecule has 0 fully saturated rings. The third kappa shape index (κ3) is 4.70. The summed E-state index contributed by atoms with van der Waals surface area (Å²) in [6.07, 6.45) is 3.14. The van der Waals surface area contributed by atoms with Crippen LogP contribution in [0, 0.1) is 0 Å². The normalized spacial score (nSPS) is 11.1. The van der Waals surface area contributed by atoms with Gasteiger partial charge in [-0.15, -0.1) is 0 Å². The molecule has 0 atom stereocenters. The number of benzene rings is 1. The van der Waals surface area contributed by atoms with E-state index >= 15 is 0 Å². The SMILES string of the molecule is BC(B)(NC(=O)c1nc(N)nc2c(OC)cccc12)c1cccc(Oc2cncc(OC)c2)n1. The molecule has 12 heteroatoms. The molecule has 0 spiro atoms. The Bertz CT molecular complexity index is 1370. The van der Waals surface area contributed by atoms with E-state index in [1.807, 2.05) is 15.7 Å². The summed E-state index contributed by atoms with van der Waals surface area (Å²) in [5, 5.41) is 2.64. The minimum Gasteiger partial charge on any atom is -0.495 e. The summed E-state index contributed by atoms with van der Waals surface area (Å²) in [6.45, 7) is 0. The van der Waals surface area contributed by atoms with Crippen LogP contribution < -0.4 is 25.3 Å². The van der Waals surface area contributed by atoms with Crippen molar-refractivity contribution in [1.82, 2.24) is 25.3 Å². The monoisotopic (exact) mass is 456 g/mol. The summed E-state index contributed by atoms with van der Waals surface area (Å²) in [6, 6.07) is 12.3. The highest BCUT2D eigenvalue weighted by Gasteiger charge is 2.27. The number of rotatable bonds is 7. The molecule has 4 aromatic rings. The lowest BCUT2D eigenvalue weighted by Gasteiger charge is -2.26. The number of carbonyl (C=O) groups is 1. The van der Waals surface area contributed by atoms with Crippen LogP contribution in [-0.4, -0.2) is 55.8 Å². The Morgan fingerprint density at radius 2 is 1.76 bits per heavy atom. The first-order chi connectivity index (χ1) is 16.3. The maximum Gasteiger partial charge on any atom is 0.270 e. The Morgan fingerprint density at radius 3 is 2.53 bits per heavy atom. The van der Waals surface area contributed by atoms with Gasteiger partial charge in [-0.25, -0.2) is 15.0 Å². The van der Waals surface area contributed by atoms with Crippen molar-refractivity contribution >= 4 is 38.5 Å².